The van der Waals surface area contributed by atoms with Crippen molar-refractivity contribution in [3.05, 3.63) is 99.7 Å². The zero-order valence-corrected chi connectivity index (χ0v) is 21.2. The predicted octanol–water partition coefficient (Wildman–Crippen LogP) is 7.94. The molecule has 0 bridgehead atoms. The van der Waals surface area contributed by atoms with Gasteiger partial charge in [-0.15, -0.1) is 23.5 Å². The van der Waals surface area contributed by atoms with Gasteiger partial charge in [-0.3, -0.25) is 0 Å². The number of thioether (sulfide) groups is 2. The highest BCUT2D eigenvalue weighted by atomic mass is 35.5. The zero-order valence-electron chi connectivity index (χ0n) is 18.1. The number of furan rings is 1. The van der Waals surface area contributed by atoms with Crippen LogP contribution in [-0.2, 0) is 22.7 Å². The second-order valence-electron chi connectivity index (χ2n) is 7.58. The average molecular weight is 533 g/mol. The second kappa shape index (κ2) is 11.9. The van der Waals surface area contributed by atoms with Crippen LogP contribution in [0.2, 0.25) is 10.0 Å². The van der Waals surface area contributed by atoms with E-state index < -0.39 is 12.6 Å². The van der Waals surface area contributed by atoms with Crippen LogP contribution in [0.5, 0.6) is 5.75 Å². The van der Waals surface area contributed by atoms with Crippen LogP contribution >= 0.6 is 46.7 Å². The van der Waals surface area contributed by atoms with Crippen LogP contribution in [0.4, 0.5) is 0 Å². The van der Waals surface area contributed by atoms with Crippen molar-refractivity contribution in [1.82, 2.24) is 0 Å². The Balaban J connectivity index is 1.50. The molecule has 0 unspecified atom stereocenters. The first-order valence-corrected chi connectivity index (χ1v) is 13.4. The van der Waals surface area contributed by atoms with Crippen molar-refractivity contribution >= 4 is 63.7 Å². The first-order chi connectivity index (χ1) is 16.5. The van der Waals surface area contributed by atoms with Gasteiger partial charge in [-0.1, -0.05) is 59.6 Å². The molecule has 0 aliphatic carbocycles. The van der Waals surface area contributed by atoms with E-state index in [1.54, 1.807) is 12.3 Å². The van der Waals surface area contributed by atoms with E-state index in [1.165, 1.54) is 11.1 Å². The van der Waals surface area contributed by atoms with Crippen molar-refractivity contribution in [2.24, 2.45) is 0 Å². The SMILES string of the molecule is O=C(O)COc1cccc2c(CC(SCc3ccc(Cl)cc3)SCc3ccc(Cl)cc3)coc12. The molecule has 1 N–H and O–H groups in total. The van der Waals surface area contributed by atoms with Gasteiger partial charge in [0.15, 0.2) is 17.9 Å². The summed E-state index contributed by atoms with van der Waals surface area (Å²) in [6.07, 6.45) is 2.53. The van der Waals surface area contributed by atoms with Crippen LogP contribution in [0.25, 0.3) is 11.0 Å². The zero-order chi connectivity index (χ0) is 23.9. The molecule has 0 fully saturated rings. The highest BCUT2D eigenvalue weighted by Crippen LogP contribution is 2.36. The Kier molecular flexibility index (Phi) is 8.73. The number of carboxylic acid groups (broad SMARTS) is 1. The molecular formula is C26H22Cl2O4S2. The van der Waals surface area contributed by atoms with Crippen molar-refractivity contribution in [1.29, 1.82) is 0 Å². The number of benzene rings is 3. The third kappa shape index (κ3) is 6.89. The fraction of sp³-hybridized carbons (Fsp3) is 0.192. The van der Waals surface area contributed by atoms with E-state index in [9.17, 15) is 4.79 Å². The minimum Gasteiger partial charge on any atom is -0.479 e. The lowest BCUT2D eigenvalue weighted by Gasteiger charge is -2.16. The summed E-state index contributed by atoms with van der Waals surface area (Å²) >= 11 is 15.8. The standard InChI is InChI=1S/C26H22Cl2O4S2/c27-20-8-4-17(5-9-20)15-33-25(34-16-18-6-10-21(28)11-7-18)12-19-13-32-26-22(19)2-1-3-23(26)31-14-24(29)30/h1-11,13,25H,12,14-16H2,(H,29,30). The van der Waals surface area contributed by atoms with E-state index in [2.05, 4.69) is 24.3 Å². The Hall–Kier alpha value is -2.25. The van der Waals surface area contributed by atoms with Crippen LogP contribution in [0, 0.1) is 0 Å². The number of hydrogen-bond donors (Lipinski definition) is 1. The van der Waals surface area contributed by atoms with Crippen molar-refractivity contribution in [3.8, 4) is 5.75 Å². The van der Waals surface area contributed by atoms with Crippen molar-refractivity contribution in [2.75, 3.05) is 6.61 Å². The summed E-state index contributed by atoms with van der Waals surface area (Å²) in [4.78, 5) is 10.9. The largest absolute Gasteiger partial charge is 0.479 e. The lowest BCUT2D eigenvalue weighted by Crippen LogP contribution is -2.09. The molecule has 0 saturated carbocycles. The van der Waals surface area contributed by atoms with Gasteiger partial charge in [0.1, 0.15) is 0 Å². The Morgan fingerprint density at radius 2 is 1.50 bits per heavy atom. The second-order valence-corrected chi connectivity index (χ2v) is 11.1. The number of carbonyl (C=O) groups is 1. The molecule has 0 atom stereocenters. The van der Waals surface area contributed by atoms with Crippen molar-refractivity contribution in [2.45, 2.75) is 22.5 Å². The van der Waals surface area contributed by atoms with Gasteiger partial charge in [0.05, 0.1) is 10.8 Å². The van der Waals surface area contributed by atoms with Gasteiger partial charge in [-0.25, -0.2) is 4.79 Å². The summed E-state index contributed by atoms with van der Waals surface area (Å²) in [7, 11) is 0. The van der Waals surface area contributed by atoms with Crippen LogP contribution in [0.1, 0.15) is 16.7 Å². The number of rotatable bonds is 11. The molecule has 8 heteroatoms. The number of hydrogen-bond acceptors (Lipinski definition) is 5. The van der Waals surface area contributed by atoms with E-state index >= 15 is 0 Å². The average Bonchev–Trinajstić information content (AvgIpc) is 3.24. The monoisotopic (exact) mass is 532 g/mol. The number of ether oxygens (including phenoxy) is 1. The van der Waals surface area contributed by atoms with Crippen LogP contribution in [0.3, 0.4) is 0 Å². The first kappa shape index (κ1) is 24.9. The van der Waals surface area contributed by atoms with Crippen molar-refractivity contribution in [3.63, 3.8) is 0 Å². The molecule has 4 rings (SSSR count). The third-order valence-corrected chi connectivity index (χ3v) is 8.48. The summed E-state index contributed by atoms with van der Waals surface area (Å²) in [5, 5.41) is 11.3. The summed E-state index contributed by atoms with van der Waals surface area (Å²) in [6.45, 7) is -0.411. The molecule has 3 aromatic carbocycles. The molecule has 0 aliphatic heterocycles. The molecule has 0 amide bonds. The van der Waals surface area contributed by atoms with E-state index in [-0.39, 0.29) is 4.58 Å². The lowest BCUT2D eigenvalue weighted by atomic mass is 10.1. The maximum atomic E-state index is 10.9. The minimum absolute atomic E-state index is 0.260. The van der Waals surface area contributed by atoms with Gasteiger partial charge in [0, 0.05) is 32.5 Å². The maximum absolute atomic E-state index is 10.9. The topological polar surface area (TPSA) is 59.7 Å². The lowest BCUT2D eigenvalue weighted by molar-refractivity contribution is -0.139. The van der Waals surface area contributed by atoms with Gasteiger partial charge in [0.2, 0.25) is 0 Å². The number of fused-ring (bicyclic) bond motifs is 1. The predicted molar refractivity (Wildman–Crippen MR) is 142 cm³/mol. The minimum atomic E-state index is -1.03. The smallest absolute Gasteiger partial charge is 0.341 e. The maximum Gasteiger partial charge on any atom is 0.341 e. The highest BCUT2D eigenvalue weighted by molar-refractivity contribution is 8.16. The van der Waals surface area contributed by atoms with Gasteiger partial charge in [0.25, 0.3) is 0 Å². The fourth-order valence-corrected chi connectivity index (χ4v) is 6.16. The number of carboxylic acids is 1. The molecule has 176 valence electrons. The molecule has 0 spiro atoms. The van der Waals surface area contributed by atoms with Crippen LogP contribution < -0.4 is 4.74 Å². The number of aliphatic carboxylic acids is 1. The van der Waals surface area contributed by atoms with Crippen molar-refractivity contribution < 1.29 is 19.1 Å². The van der Waals surface area contributed by atoms with Gasteiger partial charge in [-0.2, -0.15) is 0 Å². The molecule has 4 nitrogen and oxygen atoms in total. The normalized spacial score (nSPS) is 11.3. The molecule has 0 radical (unpaired) electrons. The first-order valence-electron chi connectivity index (χ1n) is 10.5. The van der Waals surface area contributed by atoms with E-state index in [0.29, 0.717) is 11.3 Å². The Morgan fingerprint density at radius 3 is 2.06 bits per heavy atom. The fourth-order valence-electron chi connectivity index (χ4n) is 3.38. The van der Waals surface area contributed by atoms with E-state index in [1.807, 2.05) is 59.9 Å². The summed E-state index contributed by atoms with van der Waals surface area (Å²) in [6, 6.07) is 21.4. The molecule has 4 aromatic rings. The summed E-state index contributed by atoms with van der Waals surface area (Å²) in [5.41, 5.74) is 4.07. The van der Waals surface area contributed by atoms with Crippen LogP contribution in [0.15, 0.2) is 77.4 Å². The quantitative estimate of drug-likeness (QED) is 0.198. The number of halogens is 2. The Bertz CT molecular complexity index is 1190. The molecule has 34 heavy (non-hydrogen) atoms. The van der Waals surface area contributed by atoms with Crippen LogP contribution in [-0.4, -0.2) is 22.3 Å². The van der Waals surface area contributed by atoms with Gasteiger partial charge in [-0.05, 0) is 47.9 Å². The molecular weight excluding hydrogens is 511 g/mol. The third-order valence-electron chi connectivity index (χ3n) is 5.08. The summed E-state index contributed by atoms with van der Waals surface area (Å²) in [5.74, 6) is 1.13. The molecule has 0 aliphatic rings. The Labute approximate surface area is 216 Å². The summed E-state index contributed by atoms with van der Waals surface area (Å²) < 4.78 is 11.5. The number of para-hydroxylation sites is 1. The van der Waals surface area contributed by atoms with E-state index in [4.69, 9.17) is 37.5 Å². The molecule has 0 saturated heterocycles. The van der Waals surface area contributed by atoms with E-state index in [0.717, 1.165) is 38.9 Å². The van der Waals surface area contributed by atoms with Gasteiger partial charge < -0.3 is 14.3 Å². The molecule has 1 heterocycles. The highest BCUT2D eigenvalue weighted by Gasteiger charge is 2.18. The Morgan fingerprint density at radius 1 is 0.912 bits per heavy atom. The van der Waals surface area contributed by atoms with Gasteiger partial charge >= 0.3 is 5.97 Å². The molecule has 1 aromatic heterocycles.